The second-order valence-corrected chi connectivity index (χ2v) is 15.6. The minimum Gasteiger partial charge on any atom is -0.454 e. The lowest BCUT2D eigenvalue weighted by atomic mass is 9.81. The van der Waals surface area contributed by atoms with Gasteiger partial charge in [0.2, 0.25) is 0 Å². The Bertz CT molecular complexity index is 3260. The van der Waals surface area contributed by atoms with Crippen molar-refractivity contribution >= 4 is 49.8 Å². The molecule has 0 spiro atoms. The molecule has 0 saturated carbocycles. The van der Waals surface area contributed by atoms with E-state index in [2.05, 4.69) is 248 Å². The van der Waals surface area contributed by atoms with Gasteiger partial charge in [0.1, 0.15) is 5.58 Å². The summed E-state index contributed by atoms with van der Waals surface area (Å²) in [4.78, 5) is 2.34. The fourth-order valence-electron chi connectivity index (χ4n) is 9.09. The zero-order chi connectivity index (χ0) is 40.5. The maximum absolute atomic E-state index is 7.20. The Kier molecular flexibility index (Phi) is 9.29. The highest BCUT2D eigenvalue weighted by atomic mass is 16.3. The first-order chi connectivity index (χ1) is 30.3. The van der Waals surface area contributed by atoms with Crippen LogP contribution in [0.4, 0.5) is 17.1 Å². The number of hydrogen-bond donors (Lipinski definition) is 0. The zero-order valence-electron chi connectivity index (χ0n) is 33.5. The van der Waals surface area contributed by atoms with E-state index in [0.29, 0.717) is 0 Å². The highest BCUT2D eigenvalue weighted by molar-refractivity contribution is 6.22. The van der Waals surface area contributed by atoms with Gasteiger partial charge in [0.15, 0.2) is 5.58 Å². The standard InChI is InChI=1S/C59H41NO/c1-5-16-41(17-6-1)44-28-30-47(31-29-44)56(49-24-15-23-48(40-49)43-20-9-3-10-21-43)53-37-38-54(59-58(53)57-52-27-14-13-22-46(52)34-39-55(57)61-59)60(50-25-11-4-12-26-50)51-35-32-45(33-36-51)42-18-7-2-8-19-42/h1-40,56H. The van der Waals surface area contributed by atoms with E-state index in [1.807, 2.05) is 0 Å². The van der Waals surface area contributed by atoms with Crippen LogP contribution >= 0.6 is 0 Å². The Hall–Kier alpha value is -7.94. The fourth-order valence-corrected chi connectivity index (χ4v) is 9.09. The molecule has 0 fully saturated rings. The molecule has 1 atom stereocenters. The molecule has 1 heterocycles. The predicted octanol–water partition coefficient (Wildman–Crippen LogP) is 16.4. The Morgan fingerprint density at radius 2 is 0.869 bits per heavy atom. The van der Waals surface area contributed by atoms with Gasteiger partial charge in [-0.15, -0.1) is 0 Å². The number of fused-ring (bicyclic) bond motifs is 5. The highest BCUT2D eigenvalue weighted by Crippen LogP contribution is 2.49. The summed E-state index contributed by atoms with van der Waals surface area (Å²) in [5, 5.41) is 4.60. The topological polar surface area (TPSA) is 16.4 Å². The number of para-hydroxylation sites is 1. The molecule has 0 radical (unpaired) electrons. The van der Waals surface area contributed by atoms with Crippen LogP contribution in [0.15, 0.2) is 247 Å². The molecule has 11 rings (SSSR count). The first-order valence-electron chi connectivity index (χ1n) is 21.0. The van der Waals surface area contributed by atoms with Crippen LogP contribution in [0.3, 0.4) is 0 Å². The molecule has 0 aliphatic rings. The number of rotatable bonds is 9. The number of anilines is 3. The van der Waals surface area contributed by atoms with Gasteiger partial charge < -0.3 is 9.32 Å². The van der Waals surface area contributed by atoms with E-state index in [1.54, 1.807) is 0 Å². The van der Waals surface area contributed by atoms with Crippen molar-refractivity contribution < 1.29 is 4.42 Å². The summed E-state index contributed by atoms with van der Waals surface area (Å²) in [6.45, 7) is 0. The molecular weight excluding hydrogens is 739 g/mol. The van der Waals surface area contributed by atoms with Crippen molar-refractivity contribution in [2.75, 3.05) is 4.90 Å². The first-order valence-corrected chi connectivity index (χ1v) is 21.0. The predicted molar refractivity (Wildman–Crippen MR) is 256 cm³/mol. The summed E-state index contributed by atoms with van der Waals surface area (Å²) >= 11 is 0. The molecule has 1 unspecified atom stereocenters. The van der Waals surface area contributed by atoms with Gasteiger partial charge in [0.05, 0.1) is 5.69 Å². The third-order valence-electron chi connectivity index (χ3n) is 12.0. The lowest BCUT2D eigenvalue weighted by molar-refractivity contribution is 0.669. The molecule has 0 aliphatic carbocycles. The van der Waals surface area contributed by atoms with Crippen molar-refractivity contribution in [2.45, 2.75) is 5.92 Å². The van der Waals surface area contributed by atoms with E-state index < -0.39 is 0 Å². The van der Waals surface area contributed by atoms with Gasteiger partial charge in [-0.05, 0) is 97.2 Å². The number of hydrogen-bond acceptors (Lipinski definition) is 2. The van der Waals surface area contributed by atoms with Crippen molar-refractivity contribution in [3.8, 4) is 33.4 Å². The van der Waals surface area contributed by atoms with Gasteiger partial charge in [0, 0.05) is 28.1 Å². The molecule has 288 valence electrons. The van der Waals surface area contributed by atoms with Crippen molar-refractivity contribution in [2.24, 2.45) is 0 Å². The van der Waals surface area contributed by atoms with E-state index in [9.17, 15) is 0 Å². The lowest BCUT2D eigenvalue weighted by Crippen LogP contribution is -2.11. The van der Waals surface area contributed by atoms with Crippen LogP contribution in [0, 0.1) is 0 Å². The van der Waals surface area contributed by atoms with Crippen molar-refractivity contribution in [3.05, 3.63) is 259 Å². The largest absolute Gasteiger partial charge is 0.454 e. The van der Waals surface area contributed by atoms with Crippen LogP contribution in [0.25, 0.3) is 66.1 Å². The Labute approximate surface area is 356 Å². The zero-order valence-corrected chi connectivity index (χ0v) is 33.5. The Morgan fingerprint density at radius 3 is 1.52 bits per heavy atom. The smallest absolute Gasteiger partial charge is 0.159 e. The molecule has 11 aromatic rings. The van der Waals surface area contributed by atoms with E-state index in [0.717, 1.165) is 39.0 Å². The molecular formula is C59H41NO. The molecule has 1 aromatic heterocycles. The summed E-state index contributed by atoms with van der Waals surface area (Å²) < 4.78 is 7.20. The monoisotopic (exact) mass is 779 g/mol. The van der Waals surface area contributed by atoms with Gasteiger partial charge in [-0.1, -0.05) is 206 Å². The molecule has 2 nitrogen and oxygen atoms in total. The maximum Gasteiger partial charge on any atom is 0.159 e. The van der Waals surface area contributed by atoms with Gasteiger partial charge in [-0.3, -0.25) is 0 Å². The Morgan fingerprint density at radius 1 is 0.344 bits per heavy atom. The SMILES string of the molecule is c1ccc(-c2ccc(C(c3cccc(-c4ccccc4)c3)c3ccc(N(c4ccccc4)c4ccc(-c5ccccc5)cc4)c4oc5ccc6ccccc6c5c34)cc2)cc1. The van der Waals surface area contributed by atoms with E-state index in [4.69, 9.17) is 4.42 Å². The van der Waals surface area contributed by atoms with Crippen LogP contribution in [-0.4, -0.2) is 0 Å². The van der Waals surface area contributed by atoms with Crippen LogP contribution < -0.4 is 4.90 Å². The minimum atomic E-state index is -0.111. The molecule has 61 heavy (non-hydrogen) atoms. The van der Waals surface area contributed by atoms with E-state index >= 15 is 0 Å². The molecule has 0 N–H and O–H groups in total. The third-order valence-corrected chi connectivity index (χ3v) is 12.0. The third kappa shape index (κ3) is 6.75. The molecule has 0 aliphatic heterocycles. The number of nitrogens with zero attached hydrogens (tertiary/aromatic N) is 1. The Balaban J connectivity index is 1.18. The van der Waals surface area contributed by atoms with Gasteiger partial charge in [-0.2, -0.15) is 0 Å². The first kappa shape index (κ1) is 36.2. The number of benzene rings is 10. The van der Waals surface area contributed by atoms with E-state index in [1.165, 1.54) is 60.8 Å². The molecule has 0 amide bonds. The van der Waals surface area contributed by atoms with Crippen LogP contribution in [-0.2, 0) is 0 Å². The summed E-state index contributed by atoms with van der Waals surface area (Å²) in [7, 11) is 0. The highest BCUT2D eigenvalue weighted by Gasteiger charge is 2.28. The molecule has 0 bridgehead atoms. The molecule has 10 aromatic carbocycles. The van der Waals surface area contributed by atoms with Gasteiger partial charge >= 0.3 is 0 Å². The summed E-state index contributed by atoms with van der Waals surface area (Å²) in [6, 6.07) is 87.2. The maximum atomic E-state index is 7.20. The molecule has 2 heteroatoms. The fraction of sp³-hybridized carbons (Fsp3) is 0.0169. The van der Waals surface area contributed by atoms with Gasteiger partial charge in [-0.25, -0.2) is 0 Å². The summed E-state index contributed by atoms with van der Waals surface area (Å²) in [5.74, 6) is -0.111. The normalized spacial score (nSPS) is 11.9. The second-order valence-electron chi connectivity index (χ2n) is 15.6. The van der Waals surface area contributed by atoms with Crippen molar-refractivity contribution in [1.82, 2.24) is 0 Å². The summed E-state index contributed by atoms with van der Waals surface area (Å²) in [6.07, 6.45) is 0. The second kappa shape index (κ2) is 15.7. The minimum absolute atomic E-state index is 0.111. The number of furan rings is 1. The average molecular weight is 780 g/mol. The quantitative estimate of drug-likeness (QED) is 0.136. The van der Waals surface area contributed by atoms with Gasteiger partial charge in [0.25, 0.3) is 0 Å². The van der Waals surface area contributed by atoms with Crippen LogP contribution in [0.5, 0.6) is 0 Å². The van der Waals surface area contributed by atoms with Crippen LogP contribution in [0.1, 0.15) is 22.6 Å². The van der Waals surface area contributed by atoms with E-state index in [-0.39, 0.29) is 5.92 Å². The van der Waals surface area contributed by atoms with Crippen LogP contribution in [0.2, 0.25) is 0 Å². The molecule has 0 saturated heterocycles. The lowest BCUT2D eigenvalue weighted by Gasteiger charge is -2.27. The average Bonchev–Trinajstić information content (AvgIpc) is 3.75. The summed E-state index contributed by atoms with van der Waals surface area (Å²) in [5.41, 5.74) is 15.6. The van der Waals surface area contributed by atoms with Crippen molar-refractivity contribution in [3.63, 3.8) is 0 Å². The van der Waals surface area contributed by atoms with Crippen molar-refractivity contribution in [1.29, 1.82) is 0 Å².